The molecule has 15 heavy (non-hydrogen) atoms. The molecular weight excluding hydrogens is 180 g/mol. The Balaban J connectivity index is 1.67. The molecule has 0 nitrogen and oxygen atoms in total. The molecule has 0 heteroatoms. The standard InChI is InChI=1S/C15H28/c1-2-3-4-5-6-7-8-9-10-11-12-15-13-14-15/h12H,2-11,13-14H2,1H3. The first kappa shape index (κ1) is 12.8. The molecule has 1 aliphatic carbocycles. The topological polar surface area (TPSA) is 0 Å². The maximum Gasteiger partial charge on any atom is -0.0283 e. The van der Waals surface area contributed by atoms with Gasteiger partial charge in [0.25, 0.3) is 0 Å². The van der Waals surface area contributed by atoms with E-state index in [4.69, 9.17) is 0 Å². The highest BCUT2D eigenvalue weighted by molar-refractivity contribution is 5.15. The zero-order valence-corrected chi connectivity index (χ0v) is 10.6. The molecule has 0 aromatic carbocycles. The van der Waals surface area contributed by atoms with Crippen molar-refractivity contribution >= 4 is 0 Å². The molecule has 0 heterocycles. The quantitative estimate of drug-likeness (QED) is 0.322. The van der Waals surface area contributed by atoms with Gasteiger partial charge in [0.1, 0.15) is 0 Å². The van der Waals surface area contributed by atoms with E-state index in [2.05, 4.69) is 13.0 Å². The Bertz CT molecular complexity index is 161. The summed E-state index contributed by atoms with van der Waals surface area (Å²) < 4.78 is 0. The largest absolute Gasteiger partial charge is 0.0853 e. The molecule has 0 spiro atoms. The van der Waals surface area contributed by atoms with Gasteiger partial charge in [-0.1, -0.05) is 69.9 Å². The molecule has 0 saturated heterocycles. The summed E-state index contributed by atoms with van der Waals surface area (Å²) in [6.07, 6.45) is 19.7. The molecule has 0 unspecified atom stereocenters. The van der Waals surface area contributed by atoms with Gasteiger partial charge in [-0.3, -0.25) is 0 Å². The van der Waals surface area contributed by atoms with Gasteiger partial charge in [-0.15, -0.1) is 0 Å². The summed E-state index contributed by atoms with van der Waals surface area (Å²) in [7, 11) is 0. The average Bonchev–Trinajstić information content (AvgIpc) is 3.05. The van der Waals surface area contributed by atoms with Crippen LogP contribution in [0.15, 0.2) is 11.6 Å². The Kier molecular flexibility index (Phi) is 7.69. The molecule has 88 valence electrons. The highest BCUT2D eigenvalue weighted by atomic mass is 14.1. The highest BCUT2D eigenvalue weighted by Crippen LogP contribution is 2.28. The van der Waals surface area contributed by atoms with Gasteiger partial charge in [-0.25, -0.2) is 0 Å². The van der Waals surface area contributed by atoms with Crippen LogP contribution in [0.5, 0.6) is 0 Å². The minimum absolute atomic E-state index is 1.35. The van der Waals surface area contributed by atoms with E-state index in [9.17, 15) is 0 Å². The fourth-order valence-electron chi connectivity index (χ4n) is 2.04. The Morgan fingerprint density at radius 3 is 1.87 bits per heavy atom. The van der Waals surface area contributed by atoms with Crippen molar-refractivity contribution in [2.75, 3.05) is 0 Å². The van der Waals surface area contributed by atoms with Crippen molar-refractivity contribution in [2.24, 2.45) is 0 Å². The number of hydrogen-bond acceptors (Lipinski definition) is 0. The number of rotatable bonds is 10. The molecule has 0 radical (unpaired) electrons. The number of allylic oxidation sites excluding steroid dienone is 2. The van der Waals surface area contributed by atoms with Gasteiger partial charge in [-0.2, -0.15) is 0 Å². The normalized spacial score (nSPS) is 14.3. The lowest BCUT2D eigenvalue weighted by Gasteiger charge is -2.00. The molecule has 0 bridgehead atoms. The van der Waals surface area contributed by atoms with E-state index in [1.165, 1.54) is 77.0 Å². The molecule has 0 aliphatic heterocycles. The van der Waals surface area contributed by atoms with Gasteiger partial charge in [0.15, 0.2) is 0 Å². The molecule has 1 saturated carbocycles. The lowest BCUT2D eigenvalue weighted by Crippen LogP contribution is -1.80. The van der Waals surface area contributed by atoms with E-state index in [-0.39, 0.29) is 0 Å². The summed E-state index contributed by atoms with van der Waals surface area (Å²) in [5.41, 5.74) is 1.72. The van der Waals surface area contributed by atoms with Crippen LogP contribution in [0.3, 0.4) is 0 Å². The third-order valence-corrected chi connectivity index (χ3v) is 3.28. The first-order valence-electron chi connectivity index (χ1n) is 7.11. The van der Waals surface area contributed by atoms with Crippen LogP contribution < -0.4 is 0 Å². The fraction of sp³-hybridized carbons (Fsp3) is 0.867. The van der Waals surface area contributed by atoms with Crippen molar-refractivity contribution < 1.29 is 0 Å². The minimum atomic E-state index is 1.35. The Morgan fingerprint density at radius 1 is 0.800 bits per heavy atom. The zero-order valence-electron chi connectivity index (χ0n) is 10.6. The van der Waals surface area contributed by atoms with Crippen LogP contribution >= 0.6 is 0 Å². The zero-order chi connectivity index (χ0) is 10.8. The predicted octanol–water partition coefficient (Wildman–Crippen LogP) is 5.63. The van der Waals surface area contributed by atoms with Crippen LogP contribution in [0.1, 0.15) is 84.0 Å². The molecule has 0 N–H and O–H groups in total. The third-order valence-electron chi connectivity index (χ3n) is 3.28. The Labute approximate surface area is 96.2 Å². The van der Waals surface area contributed by atoms with E-state index in [1.807, 2.05) is 0 Å². The molecule has 1 aliphatic rings. The van der Waals surface area contributed by atoms with Crippen LogP contribution in [0.2, 0.25) is 0 Å². The van der Waals surface area contributed by atoms with E-state index >= 15 is 0 Å². The maximum atomic E-state index is 2.47. The van der Waals surface area contributed by atoms with Crippen LogP contribution in [0.25, 0.3) is 0 Å². The first-order chi connectivity index (χ1) is 7.43. The summed E-state index contributed by atoms with van der Waals surface area (Å²) in [6.45, 7) is 2.29. The van der Waals surface area contributed by atoms with Crippen LogP contribution in [0, 0.1) is 0 Å². The van der Waals surface area contributed by atoms with E-state index < -0.39 is 0 Å². The summed E-state index contributed by atoms with van der Waals surface area (Å²) >= 11 is 0. The smallest absolute Gasteiger partial charge is 0.0283 e. The monoisotopic (exact) mass is 208 g/mol. The molecule has 0 atom stereocenters. The summed E-state index contributed by atoms with van der Waals surface area (Å²) in [5.74, 6) is 0. The van der Waals surface area contributed by atoms with Crippen molar-refractivity contribution in [2.45, 2.75) is 84.0 Å². The molecule has 0 aromatic heterocycles. The van der Waals surface area contributed by atoms with Gasteiger partial charge >= 0.3 is 0 Å². The summed E-state index contributed by atoms with van der Waals surface area (Å²) in [5, 5.41) is 0. The lowest BCUT2D eigenvalue weighted by molar-refractivity contribution is 0.566. The van der Waals surface area contributed by atoms with Crippen LogP contribution in [-0.4, -0.2) is 0 Å². The van der Waals surface area contributed by atoms with Crippen molar-refractivity contribution in [1.82, 2.24) is 0 Å². The van der Waals surface area contributed by atoms with Crippen molar-refractivity contribution in [1.29, 1.82) is 0 Å². The third kappa shape index (κ3) is 8.72. The Morgan fingerprint density at radius 2 is 1.33 bits per heavy atom. The molecule has 1 rings (SSSR count). The van der Waals surface area contributed by atoms with Gasteiger partial charge in [0, 0.05) is 0 Å². The first-order valence-corrected chi connectivity index (χ1v) is 7.11. The van der Waals surface area contributed by atoms with Gasteiger partial charge in [0.05, 0.1) is 0 Å². The van der Waals surface area contributed by atoms with Crippen molar-refractivity contribution in [3.05, 3.63) is 11.6 Å². The second-order valence-corrected chi connectivity index (χ2v) is 4.98. The Hall–Kier alpha value is -0.260. The molecule has 0 aromatic rings. The lowest BCUT2D eigenvalue weighted by atomic mass is 10.1. The molecule has 0 amide bonds. The second-order valence-electron chi connectivity index (χ2n) is 4.98. The van der Waals surface area contributed by atoms with E-state index in [1.54, 1.807) is 5.57 Å². The maximum absolute atomic E-state index is 2.47. The van der Waals surface area contributed by atoms with Gasteiger partial charge in [0.2, 0.25) is 0 Å². The van der Waals surface area contributed by atoms with E-state index in [0.717, 1.165) is 0 Å². The average molecular weight is 208 g/mol. The van der Waals surface area contributed by atoms with Gasteiger partial charge < -0.3 is 0 Å². The molecule has 1 fully saturated rings. The van der Waals surface area contributed by atoms with Gasteiger partial charge in [-0.05, 0) is 25.7 Å². The summed E-state index contributed by atoms with van der Waals surface area (Å²) in [6, 6.07) is 0. The van der Waals surface area contributed by atoms with Crippen molar-refractivity contribution in [3.63, 3.8) is 0 Å². The van der Waals surface area contributed by atoms with Crippen LogP contribution in [0.4, 0.5) is 0 Å². The van der Waals surface area contributed by atoms with E-state index in [0.29, 0.717) is 0 Å². The SMILES string of the molecule is CCCCCCCCCCCC=C1CC1. The number of unbranched alkanes of at least 4 members (excludes halogenated alkanes) is 9. The number of hydrogen-bond donors (Lipinski definition) is 0. The minimum Gasteiger partial charge on any atom is -0.0853 e. The van der Waals surface area contributed by atoms with Crippen LogP contribution in [-0.2, 0) is 0 Å². The molecular formula is C15H28. The summed E-state index contributed by atoms with van der Waals surface area (Å²) in [4.78, 5) is 0. The fourth-order valence-corrected chi connectivity index (χ4v) is 2.04. The second kappa shape index (κ2) is 9.00. The van der Waals surface area contributed by atoms with Crippen molar-refractivity contribution in [3.8, 4) is 0 Å². The predicted molar refractivity (Wildman–Crippen MR) is 69.2 cm³/mol. The highest BCUT2D eigenvalue weighted by Gasteiger charge is 2.08.